The molecule has 1 heterocycles. The second-order valence-corrected chi connectivity index (χ2v) is 6.21. The maximum atomic E-state index is 13.9. The molecule has 0 unspecified atom stereocenters. The molecule has 0 amide bonds. The summed E-state index contributed by atoms with van der Waals surface area (Å²) in [6.45, 7) is 4.34. The van der Waals surface area contributed by atoms with Crippen LogP contribution in [0.25, 0.3) is 0 Å². The Hall–Kier alpha value is -2.58. The lowest BCUT2D eigenvalue weighted by molar-refractivity contribution is 0.284. The second-order valence-electron chi connectivity index (χ2n) is 6.21. The zero-order valence-electron chi connectivity index (χ0n) is 14.4. The first-order valence-corrected chi connectivity index (χ1v) is 8.50. The summed E-state index contributed by atoms with van der Waals surface area (Å²) in [6, 6.07) is 15.1. The van der Waals surface area contributed by atoms with Crippen LogP contribution in [0, 0.1) is 17.1 Å². The normalized spacial score (nSPS) is 15.5. The summed E-state index contributed by atoms with van der Waals surface area (Å²) in [7, 11) is 1.47. The molecule has 5 heteroatoms. The van der Waals surface area contributed by atoms with Crippen LogP contribution in [0.3, 0.4) is 0 Å². The second kappa shape index (κ2) is 8.00. The lowest BCUT2D eigenvalue weighted by Gasteiger charge is -2.24. The van der Waals surface area contributed by atoms with Crippen molar-refractivity contribution in [3.8, 4) is 11.8 Å². The van der Waals surface area contributed by atoms with E-state index in [0.29, 0.717) is 12.1 Å². The number of para-hydroxylation sites is 1. The SMILES string of the molecule is COc1ccc(CN2CCCN(c3ccccc3C#N)CC2)cc1F. The van der Waals surface area contributed by atoms with Gasteiger partial charge in [-0.05, 0) is 36.2 Å². The maximum Gasteiger partial charge on any atom is 0.165 e. The highest BCUT2D eigenvalue weighted by atomic mass is 19.1. The number of nitriles is 1. The molecular formula is C20H22FN3O. The average Bonchev–Trinajstić information content (AvgIpc) is 2.87. The highest BCUT2D eigenvalue weighted by molar-refractivity contribution is 5.59. The number of methoxy groups -OCH3 is 1. The van der Waals surface area contributed by atoms with Crippen LogP contribution >= 0.6 is 0 Å². The van der Waals surface area contributed by atoms with Gasteiger partial charge in [-0.3, -0.25) is 4.90 Å². The molecule has 0 N–H and O–H groups in total. The number of rotatable bonds is 4. The van der Waals surface area contributed by atoms with Gasteiger partial charge in [0.1, 0.15) is 6.07 Å². The standard InChI is InChI=1S/C20H22FN3O/c1-25-20-8-7-16(13-18(20)21)15-23-9-4-10-24(12-11-23)19-6-3-2-5-17(19)14-22/h2-3,5-8,13H,4,9-12,15H2,1H3. The monoisotopic (exact) mass is 339 g/mol. The summed E-state index contributed by atoms with van der Waals surface area (Å²) in [5.41, 5.74) is 2.67. The van der Waals surface area contributed by atoms with Gasteiger partial charge in [-0.25, -0.2) is 4.39 Å². The molecule has 0 aliphatic carbocycles. The van der Waals surface area contributed by atoms with Crippen LogP contribution in [-0.2, 0) is 6.54 Å². The molecule has 0 saturated carbocycles. The molecule has 1 saturated heterocycles. The third-order valence-electron chi connectivity index (χ3n) is 4.58. The Morgan fingerprint density at radius 2 is 1.96 bits per heavy atom. The highest BCUT2D eigenvalue weighted by Gasteiger charge is 2.17. The zero-order chi connectivity index (χ0) is 17.6. The molecule has 0 radical (unpaired) electrons. The first-order chi connectivity index (χ1) is 12.2. The van der Waals surface area contributed by atoms with Gasteiger partial charge >= 0.3 is 0 Å². The fourth-order valence-electron chi connectivity index (χ4n) is 3.28. The molecule has 130 valence electrons. The van der Waals surface area contributed by atoms with E-state index in [4.69, 9.17) is 4.74 Å². The van der Waals surface area contributed by atoms with Crippen molar-refractivity contribution in [1.29, 1.82) is 5.26 Å². The number of halogens is 1. The smallest absolute Gasteiger partial charge is 0.165 e. The quantitative estimate of drug-likeness (QED) is 0.856. The summed E-state index contributed by atoms with van der Waals surface area (Å²) in [5.74, 6) is -0.0432. The Morgan fingerprint density at radius 3 is 2.72 bits per heavy atom. The minimum absolute atomic E-state index is 0.277. The molecule has 1 fully saturated rings. The summed E-state index contributed by atoms with van der Waals surface area (Å²) >= 11 is 0. The first-order valence-electron chi connectivity index (χ1n) is 8.50. The minimum atomic E-state index is -0.320. The van der Waals surface area contributed by atoms with E-state index in [-0.39, 0.29) is 11.6 Å². The minimum Gasteiger partial charge on any atom is -0.494 e. The van der Waals surface area contributed by atoms with E-state index < -0.39 is 0 Å². The maximum absolute atomic E-state index is 13.9. The van der Waals surface area contributed by atoms with Crippen molar-refractivity contribution >= 4 is 5.69 Å². The Morgan fingerprint density at radius 1 is 1.12 bits per heavy atom. The Labute approximate surface area is 148 Å². The van der Waals surface area contributed by atoms with Gasteiger partial charge in [-0.1, -0.05) is 18.2 Å². The largest absolute Gasteiger partial charge is 0.494 e. The van der Waals surface area contributed by atoms with Crippen molar-refractivity contribution in [3.05, 3.63) is 59.4 Å². The fraction of sp³-hybridized carbons (Fsp3) is 0.350. The molecule has 0 atom stereocenters. The molecule has 0 bridgehead atoms. The van der Waals surface area contributed by atoms with Gasteiger partial charge in [-0.2, -0.15) is 5.26 Å². The molecular weight excluding hydrogens is 317 g/mol. The fourth-order valence-corrected chi connectivity index (χ4v) is 3.28. The van der Waals surface area contributed by atoms with Crippen LogP contribution in [-0.4, -0.2) is 38.2 Å². The molecule has 1 aliphatic heterocycles. The number of nitrogens with zero attached hydrogens (tertiary/aromatic N) is 3. The van der Waals surface area contributed by atoms with Crippen molar-refractivity contribution in [2.75, 3.05) is 38.2 Å². The van der Waals surface area contributed by atoms with Gasteiger partial charge in [0.05, 0.1) is 18.4 Å². The molecule has 3 rings (SSSR count). The topological polar surface area (TPSA) is 39.5 Å². The van der Waals surface area contributed by atoms with Gasteiger partial charge < -0.3 is 9.64 Å². The van der Waals surface area contributed by atoms with E-state index in [1.165, 1.54) is 7.11 Å². The summed E-state index contributed by atoms with van der Waals surface area (Å²) in [6.07, 6.45) is 1.01. The van der Waals surface area contributed by atoms with Crippen LogP contribution in [0.2, 0.25) is 0 Å². The molecule has 2 aromatic rings. The van der Waals surface area contributed by atoms with Crippen molar-refractivity contribution in [3.63, 3.8) is 0 Å². The third kappa shape index (κ3) is 4.09. The van der Waals surface area contributed by atoms with Crippen LogP contribution in [0.5, 0.6) is 5.75 Å². The number of anilines is 1. The Bertz CT molecular complexity index is 772. The lowest BCUT2D eigenvalue weighted by Crippen LogP contribution is -2.30. The predicted octanol–water partition coefficient (Wildman–Crippen LogP) is 3.42. The third-order valence-corrected chi connectivity index (χ3v) is 4.58. The highest BCUT2D eigenvalue weighted by Crippen LogP contribution is 2.22. The van der Waals surface area contributed by atoms with E-state index in [1.807, 2.05) is 30.3 Å². The van der Waals surface area contributed by atoms with Crippen LogP contribution < -0.4 is 9.64 Å². The van der Waals surface area contributed by atoms with Crippen LogP contribution in [0.15, 0.2) is 42.5 Å². The number of hydrogen-bond acceptors (Lipinski definition) is 4. The zero-order valence-corrected chi connectivity index (χ0v) is 14.4. The van der Waals surface area contributed by atoms with Crippen LogP contribution in [0.4, 0.5) is 10.1 Å². The Balaban J connectivity index is 1.66. The van der Waals surface area contributed by atoms with Gasteiger partial charge in [0.2, 0.25) is 0 Å². The van der Waals surface area contributed by atoms with E-state index in [2.05, 4.69) is 15.9 Å². The summed E-state index contributed by atoms with van der Waals surface area (Å²) in [5, 5.41) is 9.30. The predicted molar refractivity (Wildman–Crippen MR) is 96.2 cm³/mol. The van der Waals surface area contributed by atoms with Gasteiger partial charge in [0.25, 0.3) is 0 Å². The first kappa shape index (κ1) is 17.2. The molecule has 0 aromatic heterocycles. The van der Waals surface area contributed by atoms with Gasteiger partial charge in [0, 0.05) is 32.7 Å². The number of ether oxygens (including phenoxy) is 1. The molecule has 2 aromatic carbocycles. The van der Waals surface area contributed by atoms with Gasteiger partial charge in [0.15, 0.2) is 11.6 Å². The lowest BCUT2D eigenvalue weighted by atomic mass is 10.1. The molecule has 0 spiro atoms. The van der Waals surface area contributed by atoms with E-state index in [1.54, 1.807) is 12.1 Å². The molecule has 1 aliphatic rings. The van der Waals surface area contributed by atoms with E-state index in [0.717, 1.165) is 43.9 Å². The summed E-state index contributed by atoms with van der Waals surface area (Å²) in [4.78, 5) is 4.60. The summed E-state index contributed by atoms with van der Waals surface area (Å²) < 4.78 is 18.8. The van der Waals surface area contributed by atoms with Crippen molar-refractivity contribution < 1.29 is 9.13 Å². The van der Waals surface area contributed by atoms with Crippen molar-refractivity contribution in [2.45, 2.75) is 13.0 Å². The Kier molecular flexibility index (Phi) is 5.52. The molecule has 25 heavy (non-hydrogen) atoms. The number of benzene rings is 2. The molecule has 4 nitrogen and oxygen atoms in total. The van der Waals surface area contributed by atoms with Crippen LogP contribution in [0.1, 0.15) is 17.5 Å². The van der Waals surface area contributed by atoms with E-state index in [9.17, 15) is 9.65 Å². The van der Waals surface area contributed by atoms with Crippen molar-refractivity contribution in [1.82, 2.24) is 4.90 Å². The van der Waals surface area contributed by atoms with Crippen molar-refractivity contribution in [2.24, 2.45) is 0 Å². The van der Waals surface area contributed by atoms with E-state index >= 15 is 0 Å². The average molecular weight is 339 g/mol. The number of hydrogen-bond donors (Lipinski definition) is 0. The van der Waals surface area contributed by atoms with Gasteiger partial charge in [-0.15, -0.1) is 0 Å².